The van der Waals surface area contributed by atoms with Gasteiger partial charge in [0, 0.05) is 51.6 Å². The molecule has 2 aromatic carbocycles. The van der Waals surface area contributed by atoms with Gasteiger partial charge in [-0.2, -0.15) is 0 Å². The number of aliphatic hydroxyl groups excluding tert-OH is 1. The lowest BCUT2D eigenvalue weighted by molar-refractivity contribution is -0.870. The third kappa shape index (κ3) is 41.8. The second-order valence-electron chi connectivity index (χ2n) is 29.9. The summed E-state index contributed by atoms with van der Waals surface area (Å²) < 4.78 is 0.484. The largest absolute Gasteiger partial charge is 0.508 e. The molecule has 0 aliphatic heterocycles. The highest BCUT2D eigenvalue weighted by Crippen LogP contribution is 2.16. The van der Waals surface area contributed by atoms with Gasteiger partial charge in [0.1, 0.15) is 78.3 Å². The van der Waals surface area contributed by atoms with Crippen molar-refractivity contribution >= 4 is 112 Å². The maximum absolute atomic E-state index is 14.9. The number of aliphatic carboxylic acids is 1. The number of unbranched alkanes of at least 4 members (excludes halogenated alkanes) is 1. The van der Waals surface area contributed by atoms with E-state index in [1.54, 1.807) is 44.2 Å². The molecule has 0 unspecified atom stereocenters. The Morgan fingerprint density at radius 1 is 0.373 bits per heavy atom. The molecule has 0 aliphatic carbocycles. The van der Waals surface area contributed by atoms with E-state index in [4.69, 9.17) is 51.0 Å². The molecule has 44 heteroatoms. The van der Waals surface area contributed by atoms with E-state index in [1.807, 2.05) is 21.1 Å². The van der Waals surface area contributed by atoms with Crippen LogP contribution in [0.1, 0.15) is 142 Å². The van der Waals surface area contributed by atoms with Crippen LogP contribution in [-0.4, -0.2) is 258 Å². The summed E-state index contributed by atoms with van der Waals surface area (Å²) in [4.78, 5) is 230. The van der Waals surface area contributed by atoms with Crippen LogP contribution in [0.2, 0.25) is 0 Å². The molecule has 656 valence electrons. The van der Waals surface area contributed by atoms with Crippen LogP contribution >= 0.6 is 0 Å². The minimum Gasteiger partial charge on any atom is -0.508 e. The number of carbonyl (C=O) groups excluding carboxylic acids is 16. The summed E-state index contributed by atoms with van der Waals surface area (Å²) in [7, 11) is 5.75. The highest BCUT2D eigenvalue weighted by Gasteiger charge is 2.38. The highest BCUT2D eigenvalue weighted by molar-refractivity contribution is 6.00. The molecular weight excluding hydrogens is 1540 g/mol. The van der Waals surface area contributed by atoms with E-state index in [9.17, 15) is 96.8 Å². The standard InChI is InChI=1S/C74H120N24O20/c1-39(2)35-52(94-62(107)45(75)17-13-32-84-73(80)81)70(115)92-48(24-28-56(76)101)63(108)86-40(3)60(105)88-49(25-29-57(77)102)66(111)91-47(19-14-33-85-74(82)83)64(109)90-46(18-11-12-34-98(5,6)7)65(110)95-53(36-42-15-9-8-10-16-42)69(114)87-41(4)61(106)89-50(26-30-58(78)103)68(113)97-55(38-99)71(116)93-51(27-31-59(79)104)67(112)96-54(72(117)118)37-43-20-22-44(100)23-21-43/h8-10,15-16,20-23,39-41,45-55,99H,11-14,17-19,24-38,75H2,1-7H3,(H29-,76,77,78,79,80,81,82,83,84,85,86,87,88,89,90,91,92,93,94,95,96,97,100,101,102,103,104,105,106,107,108,109,110,111,112,113,114,115,116,117,118)/p+1/t40-,41-,45-,46-,47-,48-,49-,50-,51-,52-,53-,54-,55-/m0/s1. The quantitative estimate of drug-likeness (QED) is 0.0127. The molecule has 0 aliphatic rings. The van der Waals surface area contributed by atoms with Gasteiger partial charge in [-0.1, -0.05) is 56.3 Å². The summed E-state index contributed by atoms with van der Waals surface area (Å²) in [5, 5.41) is 79.7. The van der Waals surface area contributed by atoms with Crippen LogP contribution in [0.4, 0.5) is 0 Å². The van der Waals surface area contributed by atoms with Gasteiger partial charge in [0.2, 0.25) is 94.5 Å². The lowest BCUT2D eigenvalue weighted by Crippen LogP contribution is -2.61. The Hall–Kier alpha value is -12.4. The fourth-order valence-corrected chi connectivity index (χ4v) is 11.5. The van der Waals surface area contributed by atoms with Crippen molar-refractivity contribution in [3.05, 3.63) is 65.7 Å². The van der Waals surface area contributed by atoms with Crippen LogP contribution in [0.15, 0.2) is 54.6 Å². The van der Waals surface area contributed by atoms with E-state index in [1.165, 1.54) is 38.1 Å². The number of primary amides is 4. The summed E-state index contributed by atoms with van der Waals surface area (Å²) in [6, 6.07) is -6.93. The molecule has 0 aromatic heterocycles. The summed E-state index contributed by atoms with van der Waals surface area (Å²) in [6.45, 7) is 5.50. The first-order chi connectivity index (χ1) is 55.3. The van der Waals surface area contributed by atoms with Gasteiger partial charge in [-0.25, -0.2) is 4.79 Å². The Labute approximate surface area is 683 Å². The highest BCUT2D eigenvalue weighted by atomic mass is 16.4. The third-order valence-electron chi connectivity index (χ3n) is 18.0. The molecule has 0 radical (unpaired) electrons. The van der Waals surface area contributed by atoms with E-state index in [2.05, 4.69) is 74.4 Å². The van der Waals surface area contributed by atoms with Crippen molar-refractivity contribution in [1.29, 1.82) is 10.8 Å². The molecule has 16 amide bonds. The molecule has 0 saturated carbocycles. The molecular formula is C74H121N24O20+. The lowest BCUT2D eigenvalue weighted by atomic mass is 10.0. The Morgan fingerprint density at radius 3 is 1.07 bits per heavy atom. The number of nitrogens with zero attached hydrogens (tertiary/aromatic N) is 1. The van der Waals surface area contributed by atoms with Gasteiger partial charge in [-0.05, 0) is 120 Å². The number of hydrogen-bond acceptors (Lipinski definition) is 22. The minimum absolute atomic E-state index is 0.00174. The van der Waals surface area contributed by atoms with Crippen LogP contribution in [0.3, 0.4) is 0 Å². The second kappa shape index (κ2) is 52.3. The van der Waals surface area contributed by atoms with Crippen LogP contribution in [-0.2, 0) is 94.3 Å². The van der Waals surface area contributed by atoms with Crippen molar-refractivity contribution < 1.29 is 101 Å². The number of benzene rings is 2. The molecule has 118 heavy (non-hydrogen) atoms. The minimum atomic E-state index is -1.94. The number of rotatable bonds is 57. The molecule has 0 spiro atoms. The zero-order chi connectivity index (χ0) is 89.1. The normalized spacial score (nSPS) is 14.4. The number of phenolic OH excluding ortho intramolecular Hbond substituents is 1. The SMILES string of the molecule is CC(C)C[C@H](NC(=O)[C@@H](N)CCCNC(=N)N)C(=O)N[C@@H](CCC(N)=O)C(=O)N[C@@H](C)C(=O)N[C@@H](CCC(N)=O)C(=O)N[C@@H](CCCNC(=N)N)C(=O)N[C@@H](CCCC[N+](C)(C)C)C(=O)N[C@@H](Cc1ccccc1)C(=O)N[C@@H](C)C(=O)N[C@@H](CCC(N)=O)C(=O)N[C@@H](CO)C(=O)N[C@@H](CCC(N)=O)C(=O)N[C@@H](Cc1ccc(O)cc1)C(=O)O. The van der Waals surface area contributed by atoms with Crippen molar-refractivity contribution in [2.45, 2.75) is 222 Å². The average Bonchev–Trinajstić information content (AvgIpc) is 0.861. The van der Waals surface area contributed by atoms with Crippen molar-refractivity contribution in [3.8, 4) is 5.75 Å². The number of hydrogen-bond donors (Lipinski definition) is 26. The molecule has 13 atom stereocenters. The van der Waals surface area contributed by atoms with E-state index in [0.717, 1.165) is 0 Å². The Kier molecular flexibility index (Phi) is 45.1. The average molecular weight is 1670 g/mol. The topological polar surface area (TPSA) is 749 Å². The number of carbonyl (C=O) groups is 17. The van der Waals surface area contributed by atoms with Crippen molar-refractivity contribution in [2.24, 2.45) is 46.1 Å². The first kappa shape index (κ1) is 102. The lowest BCUT2D eigenvalue weighted by Gasteiger charge is -2.28. The van der Waals surface area contributed by atoms with E-state index >= 15 is 0 Å². The number of phenols is 1. The molecule has 33 N–H and O–H groups in total. The monoisotopic (exact) mass is 1670 g/mol. The fraction of sp³-hybridized carbons (Fsp3) is 0.581. The van der Waals surface area contributed by atoms with Gasteiger partial charge in [0.25, 0.3) is 0 Å². The maximum atomic E-state index is 14.9. The predicted octanol–water partition coefficient (Wildman–Crippen LogP) is -8.05. The van der Waals surface area contributed by atoms with E-state index in [0.29, 0.717) is 35.0 Å². The number of carboxylic acid groups (broad SMARTS) is 1. The number of guanidine groups is 2. The number of nitrogens with two attached hydrogens (primary N) is 7. The first-order valence-corrected chi connectivity index (χ1v) is 38.4. The van der Waals surface area contributed by atoms with Gasteiger partial charge in [-0.15, -0.1) is 0 Å². The second-order valence-corrected chi connectivity index (χ2v) is 29.9. The number of carboxylic acids is 1. The Balaban J connectivity index is 2.56. The van der Waals surface area contributed by atoms with Gasteiger partial charge >= 0.3 is 5.97 Å². The summed E-state index contributed by atoms with van der Waals surface area (Å²) in [6.07, 6.45) is -3.64. The van der Waals surface area contributed by atoms with Gasteiger partial charge in [0.15, 0.2) is 11.9 Å². The maximum Gasteiger partial charge on any atom is 0.326 e. The molecule has 2 rings (SSSR count). The van der Waals surface area contributed by atoms with E-state index < -0.39 is 243 Å². The number of nitrogens with one attached hydrogen (secondary N) is 16. The molecule has 44 nitrogen and oxygen atoms in total. The molecule has 0 bridgehead atoms. The molecule has 2 aromatic rings. The molecule has 0 saturated heterocycles. The summed E-state index contributed by atoms with van der Waals surface area (Å²) in [5.74, 6) is -18.6. The number of aromatic hydroxyl groups is 1. The number of amides is 16. The number of aliphatic hydroxyl groups is 1. The van der Waals surface area contributed by atoms with Crippen molar-refractivity contribution in [2.75, 3.05) is 47.4 Å². The van der Waals surface area contributed by atoms with Gasteiger partial charge < -0.3 is 134 Å². The zero-order valence-electron chi connectivity index (χ0n) is 67.6. The van der Waals surface area contributed by atoms with Crippen LogP contribution in [0.5, 0.6) is 5.75 Å². The molecule has 0 heterocycles. The van der Waals surface area contributed by atoms with Crippen LogP contribution in [0.25, 0.3) is 0 Å². The zero-order valence-corrected chi connectivity index (χ0v) is 67.6. The van der Waals surface area contributed by atoms with Gasteiger partial charge in [-0.3, -0.25) is 87.5 Å². The van der Waals surface area contributed by atoms with Crippen molar-refractivity contribution in [3.63, 3.8) is 0 Å². The van der Waals surface area contributed by atoms with Crippen molar-refractivity contribution in [1.82, 2.24) is 74.4 Å². The number of quaternary nitrogens is 1. The smallest absolute Gasteiger partial charge is 0.326 e. The predicted molar refractivity (Wildman–Crippen MR) is 427 cm³/mol. The van der Waals surface area contributed by atoms with Crippen LogP contribution < -0.4 is 115 Å². The third-order valence-corrected chi connectivity index (χ3v) is 18.0. The summed E-state index contributed by atoms with van der Waals surface area (Å²) in [5.41, 5.74) is 39.5. The summed E-state index contributed by atoms with van der Waals surface area (Å²) >= 11 is 0. The fourth-order valence-electron chi connectivity index (χ4n) is 11.5. The first-order valence-electron chi connectivity index (χ1n) is 38.4. The van der Waals surface area contributed by atoms with Crippen LogP contribution in [0, 0.1) is 16.7 Å². The van der Waals surface area contributed by atoms with E-state index in [-0.39, 0.29) is 82.1 Å². The Morgan fingerprint density at radius 2 is 0.686 bits per heavy atom. The Bertz CT molecular complexity index is 3770. The molecule has 0 fully saturated rings. The van der Waals surface area contributed by atoms with Gasteiger partial charge in [0.05, 0.1) is 40.3 Å².